The van der Waals surface area contributed by atoms with Gasteiger partial charge in [-0.05, 0) is 32.4 Å². The fourth-order valence-corrected chi connectivity index (χ4v) is 3.77. The Balaban J connectivity index is 1.87. The molecule has 3 fully saturated rings. The third-order valence-corrected chi connectivity index (χ3v) is 5.18. The van der Waals surface area contributed by atoms with Crippen molar-refractivity contribution in [2.45, 2.75) is 12.8 Å². The second-order valence-electron chi connectivity index (χ2n) is 6.13. The molecule has 5 nitrogen and oxygen atoms in total. The van der Waals surface area contributed by atoms with E-state index in [1.165, 1.54) is 0 Å². The highest BCUT2D eigenvalue weighted by atomic mass is 16.5. The van der Waals surface area contributed by atoms with Crippen molar-refractivity contribution in [1.29, 1.82) is 0 Å². The Bertz CT molecular complexity index is 349. The van der Waals surface area contributed by atoms with Gasteiger partial charge in [-0.25, -0.2) is 0 Å². The van der Waals surface area contributed by atoms with Crippen LogP contribution in [0.25, 0.3) is 0 Å². The van der Waals surface area contributed by atoms with E-state index in [4.69, 9.17) is 9.47 Å². The van der Waals surface area contributed by atoms with E-state index >= 15 is 0 Å². The highest BCUT2D eigenvalue weighted by Crippen LogP contribution is 2.56. The average Bonchev–Trinajstić information content (AvgIpc) is 2.19. The molecule has 0 radical (unpaired) electrons. The van der Waals surface area contributed by atoms with Crippen molar-refractivity contribution in [2.75, 3.05) is 46.6 Å². The Hall–Kier alpha value is -0.650. The predicted molar refractivity (Wildman–Crippen MR) is 64.4 cm³/mol. The SMILES string of the molecule is CN1CCCC(C2(C3(C(=O)O)COC3)COC2)C1. The zero-order valence-electron chi connectivity index (χ0n) is 10.9. The standard InChI is InChI=1S/C13H21NO4/c1-14-4-2-3-10(5-14)12(6-17-7-12)13(11(15)16)8-18-9-13/h10H,2-9H2,1H3,(H,15,16). The van der Waals surface area contributed by atoms with Gasteiger partial charge in [0, 0.05) is 12.0 Å². The van der Waals surface area contributed by atoms with Crippen molar-refractivity contribution in [3.63, 3.8) is 0 Å². The minimum atomic E-state index is -0.703. The fraction of sp³-hybridized carbons (Fsp3) is 0.923. The molecule has 0 spiro atoms. The summed E-state index contributed by atoms with van der Waals surface area (Å²) >= 11 is 0. The van der Waals surface area contributed by atoms with Gasteiger partial charge in [0.1, 0.15) is 5.41 Å². The molecule has 18 heavy (non-hydrogen) atoms. The number of nitrogens with zero attached hydrogens (tertiary/aromatic N) is 1. The summed E-state index contributed by atoms with van der Waals surface area (Å²) in [7, 11) is 2.12. The third-order valence-electron chi connectivity index (χ3n) is 5.18. The molecule has 5 heteroatoms. The molecule has 3 heterocycles. The summed E-state index contributed by atoms with van der Waals surface area (Å²) in [5.41, 5.74) is -0.903. The lowest BCUT2D eigenvalue weighted by Gasteiger charge is -2.61. The third kappa shape index (κ3) is 1.47. The number of hydrogen-bond donors (Lipinski definition) is 1. The van der Waals surface area contributed by atoms with E-state index in [1.807, 2.05) is 0 Å². The van der Waals surface area contributed by atoms with Crippen LogP contribution in [0.15, 0.2) is 0 Å². The average molecular weight is 255 g/mol. The van der Waals surface area contributed by atoms with E-state index in [-0.39, 0.29) is 5.41 Å². The van der Waals surface area contributed by atoms with Crippen LogP contribution in [0.1, 0.15) is 12.8 Å². The molecule has 0 aromatic carbocycles. The monoisotopic (exact) mass is 255 g/mol. The molecule has 0 aromatic heterocycles. The van der Waals surface area contributed by atoms with Crippen molar-refractivity contribution in [3.05, 3.63) is 0 Å². The van der Waals surface area contributed by atoms with Crippen LogP contribution in [-0.2, 0) is 14.3 Å². The number of likely N-dealkylation sites (tertiary alicyclic amines) is 1. The molecule has 3 aliphatic rings. The maximum Gasteiger partial charge on any atom is 0.315 e. The molecule has 3 aliphatic heterocycles. The van der Waals surface area contributed by atoms with Crippen LogP contribution in [-0.4, -0.2) is 62.5 Å². The number of carboxylic acids is 1. The first-order valence-corrected chi connectivity index (χ1v) is 6.68. The quantitative estimate of drug-likeness (QED) is 0.793. The van der Waals surface area contributed by atoms with Crippen LogP contribution < -0.4 is 0 Å². The summed E-state index contributed by atoms with van der Waals surface area (Å²) < 4.78 is 10.7. The Labute approximate surface area is 107 Å². The van der Waals surface area contributed by atoms with Gasteiger partial charge in [-0.2, -0.15) is 0 Å². The lowest BCUT2D eigenvalue weighted by atomic mass is 9.53. The summed E-state index contributed by atoms with van der Waals surface area (Å²) in [6, 6.07) is 0. The summed E-state index contributed by atoms with van der Waals surface area (Å²) in [6.45, 7) is 3.97. The van der Waals surface area contributed by atoms with Gasteiger partial charge < -0.3 is 19.5 Å². The second kappa shape index (κ2) is 4.18. The number of rotatable bonds is 3. The largest absolute Gasteiger partial charge is 0.481 e. The first kappa shape index (κ1) is 12.4. The van der Waals surface area contributed by atoms with Crippen LogP contribution in [0.3, 0.4) is 0 Å². The van der Waals surface area contributed by atoms with Crippen LogP contribution in [0.2, 0.25) is 0 Å². The van der Waals surface area contributed by atoms with E-state index in [2.05, 4.69) is 11.9 Å². The van der Waals surface area contributed by atoms with Crippen LogP contribution in [0.5, 0.6) is 0 Å². The summed E-state index contributed by atoms with van der Waals surface area (Å²) in [4.78, 5) is 14.0. The van der Waals surface area contributed by atoms with Crippen LogP contribution in [0.4, 0.5) is 0 Å². The van der Waals surface area contributed by atoms with Crippen molar-refractivity contribution < 1.29 is 19.4 Å². The van der Waals surface area contributed by atoms with Gasteiger partial charge in [-0.1, -0.05) is 0 Å². The highest BCUT2D eigenvalue weighted by Gasteiger charge is 2.67. The molecule has 1 N–H and O–H groups in total. The number of aliphatic carboxylic acids is 1. The summed E-state index contributed by atoms with van der Waals surface area (Å²) in [6.07, 6.45) is 2.27. The molecule has 3 saturated heterocycles. The minimum absolute atomic E-state index is 0.203. The smallest absolute Gasteiger partial charge is 0.315 e. The zero-order valence-corrected chi connectivity index (χ0v) is 10.9. The van der Waals surface area contributed by atoms with Gasteiger partial charge in [0.15, 0.2) is 0 Å². The van der Waals surface area contributed by atoms with E-state index in [1.54, 1.807) is 0 Å². The molecule has 3 rings (SSSR count). The predicted octanol–water partition coefficient (Wildman–Crippen LogP) is 0.446. The van der Waals surface area contributed by atoms with Gasteiger partial charge in [-0.3, -0.25) is 4.79 Å². The molecule has 1 atom stereocenters. The number of ether oxygens (including phenoxy) is 2. The normalized spacial score (nSPS) is 34.4. The molecule has 0 aliphatic carbocycles. The van der Waals surface area contributed by atoms with E-state index in [0.29, 0.717) is 32.3 Å². The lowest BCUT2D eigenvalue weighted by Crippen LogP contribution is -2.71. The Morgan fingerprint density at radius 2 is 1.94 bits per heavy atom. The van der Waals surface area contributed by atoms with Gasteiger partial charge in [0.2, 0.25) is 0 Å². The highest BCUT2D eigenvalue weighted by molar-refractivity contribution is 5.77. The molecule has 1 unspecified atom stereocenters. The molecular formula is C13H21NO4. The maximum absolute atomic E-state index is 11.7. The van der Waals surface area contributed by atoms with Gasteiger partial charge in [0.05, 0.1) is 26.4 Å². The van der Waals surface area contributed by atoms with E-state index in [9.17, 15) is 9.90 Å². The molecule has 0 aromatic rings. The summed E-state index contributed by atoms with van der Waals surface area (Å²) in [5, 5.41) is 9.63. The maximum atomic E-state index is 11.7. The van der Waals surface area contributed by atoms with Crippen LogP contribution >= 0.6 is 0 Å². The summed E-state index contributed by atoms with van der Waals surface area (Å²) in [5.74, 6) is -0.282. The fourth-order valence-electron chi connectivity index (χ4n) is 3.77. The molecular weight excluding hydrogens is 234 g/mol. The number of carbonyl (C=O) groups is 1. The van der Waals surface area contributed by atoms with Gasteiger partial charge in [-0.15, -0.1) is 0 Å². The topological polar surface area (TPSA) is 59.0 Å². The van der Waals surface area contributed by atoms with Crippen molar-refractivity contribution in [3.8, 4) is 0 Å². The molecule has 0 bridgehead atoms. The Morgan fingerprint density at radius 1 is 1.28 bits per heavy atom. The molecule has 102 valence electrons. The Kier molecular flexibility index (Phi) is 2.88. The minimum Gasteiger partial charge on any atom is -0.481 e. The number of hydrogen-bond acceptors (Lipinski definition) is 4. The number of carboxylic acid groups (broad SMARTS) is 1. The first-order chi connectivity index (χ1) is 8.61. The lowest BCUT2D eigenvalue weighted by molar-refractivity contribution is -0.288. The van der Waals surface area contributed by atoms with Crippen molar-refractivity contribution >= 4 is 5.97 Å². The van der Waals surface area contributed by atoms with Crippen molar-refractivity contribution in [2.24, 2.45) is 16.7 Å². The van der Waals surface area contributed by atoms with Gasteiger partial charge >= 0.3 is 5.97 Å². The van der Waals surface area contributed by atoms with E-state index < -0.39 is 11.4 Å². The molecule has 0 saturated carbocycles. The molecule has 0 amide bonds. The number of piperidine rings is 1. The van der Waals surface area contributed by atoms with Crippen molar-refractivity contribution in [1.82, 2.24) is 4.90 Å². The second-order valence-corrected chi connectivity index (χ2v) is 6.13. The zero-order chi connectivity index (χ0) is 12.8. The van der Waals surface area contributed by atoms with E-state index in [0.717, 1.165) is 25.9 Å². The van der Waals surface area contributed by atoms with Crippen LogP contribution in [0, 0.1) is 16.7 Å². The first-order valence-electron chi connectivity index (χ1n) is 6.68. The van der Waals surface area contributed by atoms with Gasteiger partial charge in [0.25, 0.3) is 0 Å². The Morgan fingerprint density at radius 3 is 2.33 bits per heavy atom.